The summed E-state index contributed by atoms with van der Waals surface area (Å²) >= 11 is 0. The minimum Gasteiger partial charge on any atom is -0.310 e. The molecule has 1 spiro atoms. The smallest absolute Gasteiger partial charge is 0.0726 e. The molecule has 15 rings (SSSR count). The summed E-state index contributed by atoms with van der Waals surface area (Å²) in [7, 11) is 0. The maximum absolute atomic E-state index is 2.55. The largest absolute Gasteiger partial charge is 0.310 e. The van der Waals surface area contributed by atoms with Crippen molar-refractivity contribution in [3.63, 3.8) is 0 Å². The quantitative estimate of drug-likeness (QED) is 0.161. The van der Waals surface area contributed by atoms with Gasteiger partial charge in [0.15, 0.2) is 0 Å². The highest BCUT2D eigenvalue weighted by Crippen LogP contribution is 2.64. The third-order valence-electron chi connectivity index (χ3n) is 16.1. The standard InChI is InChI=1S/C70H45N/c1-4-20-47(21-5-1)54-33-19-38-63-68(54)59-43-41-52(45-65(59)70(63)61-36-15-13-32-56(61)58-34-16-24-48-25-17-37-62(70)67(48)58)71(66-39-18-23-46-22-10-11-30-53(46)66)51-40-42-57-55-31-12-14-35-60(55)69(64(57)44-51,49-26-6-2-7-27-49)50-28-8-3-9-29-50/h1-45H. The molecule has 0 saturated carbocycles. The highest BCUT2D eigenvalue weighted by atomic mass is 15.1. The van der Waals surface area contributed by atoms with Gasteiger partial charge in [0.2, 0.25) is 0 Å². The summed E-state index contributed by atoms with van der Waals surface area (Å²) in [5.41, 5.74) is 22.7. The lowest BCUT2D eigenvalue weighted by atomic mass is 9.61. The van der Waals surface area contributed by atoms with Gasteiger partial charge in [0.05, 0.1) is 16.5 Å². The fourth-order valence-electron chi connectivity index (χ4n) is 13.4. The Morgan fingerprint density at radius 3 is 1.46 bits per heavy atom. The van der Waals surface area contributed by atoms with E-state index in [2.05, 4.69) is 278 Å². The summed E-state index contributed by atoms with van der Waals surface area (Å²) in [6.45, 7) is 0. The second-order valence-corrected chi connectivity index (χ2v) is 19.4. The lowest BCUT2D eigenvalue weighted by molar-refractivity contribution is 0.768. The van der Waals surface area contributed by atoms with Gasteiger partial charge in [-0.1, -0.05) is 243 Å². The van der Waals surface area contributed by atoms with Crippen LogP contribution in [0.25, 0.3) is 66.1 Å². The molecule has 1 heteroatoms. The molecule has 0 aromatic heterocycles. The molecule has 1 unspecified atom stereocenters. The Morgan fingerprint density at radius 2 is 0.732 bits per heavy atom. The lowest BCUT2D eigenvalue weighted by Gasteiger charge is -2.40. The second-order valence-electron chi connectivity index (χ2n) is 19.4. The zero-order valence-corrected chi connectivity index (χ0v) is 38.9. The Morgan fingerprint density at radius 1 is 0.268 bits per heavy atom. The first-order chi connectivity index (χ1) is 35.2. The van der Waals surface area contributed by atoms with E-state index in [4.69, 9.17) is 0 Å². The van der Waals surface area contributed by atoms with Crippen molar-refractivity contribution in [2.24, 2.45) is 0 Å². The molecule has 12 aromatic carbocycles. The van der Waals surface area contributed by atoms with Crippen molar-refractivity contribution >= 4 is 38.6 Å². The number of anilines is 3. The molecule has 3 aliphatic carbocycles. The average Bonchev–Trinajstić information content (AvgIpc) is 3.92. The summed E-state index contributed by atoms with van der Waals surface area (Å²) in [5.74, 6) is 0. The fourth-order valence-corrected chi connectivity index (χ4v) is 13.4. The predicted octanol–water partition coefficient (Wildman–Crippen LogP) is 17.8. The Balaban J connectivity index is 1.06. The van der Waals surface area contributed by atoms with Crippen molar-refractivity contribution in [3.05, 3.63) is 317 Å². The number of benzene rings is 12. The van der Waals surface area contributed by atoms with Gasteiger partial charge in [0.25, 0.3) is 0 Å². The van der Waals surface area contributed by atoms with Gasteiger partial charge >= 0.3 is 0 Å². The molecular formula is C70H45N. The van der Waals surface area contributed by atoms with Crippen LogP contribution in [0.15, 0.2) is 273 Å². The maximum atomic E-state index is 2.55. The van der Waals surface area contributed by atoms with E-state index in [1.165, 1.54) is 111 Å². The van der Waals surface area contributed by atoms with E-state index in [1.54, 1.807) is 0 Å². The van der Waals surface area contributed by atoms with Gasteiger partial charge in [0.1, 0.15) is 0 Å². The van der Waals surface area contributed by atoms with Crippen LogP contribution in [-0.4, -0.2) is 0 Å². The highest BCUT2D eigenvalue weighted by molar-refractivity contribution is 6.09. The molecule has 0 bridgehead atoms. The number of nitrogens with zero attached hydrogens (tertiary/aromatic N) is 1. The van der Waals surface area contributed by atoms with Gasteiger partial charge in [-0.15, -0.1) is 0 Å². The summed E-state index contributed by atoms with van der Waals surface area (Å²) in [6.07, 6.45) is 0. The first-order valence-corrected chi connectivity index (χ1v) is 24.8. The van der Waals surface area contributed by atoms with E-state index in [0.717, 1.165) is 17.1 Å². The Labute approximate surface area is 414 Å². The SMILES string of the molecule is c1ccc(-c2cccc3c2-c2ccc(N(c4ccc5c(c4)C(c4ccccc4)(c4ccccc4)c4ccccc4-5)c4cccc5ccccc45)cc2C32c3ccccc3-c3cccc4cccc2c34)cc1. The molecule has 0 amide bonds. The van der Waals surface area contributed by atoms with E-state index in [0.29, 0.717) is 0 Å². The molecule has 1 nitrogen and oxygen atoms in total. The van der Waals surface area contributed by atoms with Crippen molar-refractivity contribution < 1.29 is 0 Å². The van der Waals surface area contributed by atoms with Crippen LogP contribution < -0.4 is 4.90 Å². The van der Waals surface area contributed by atoms with E-state index >= 15 is 0 Å². The molecule has 0 radical (unpaired) electrons. The van der Waals surface area contributed by atoms with Gasteiger partial charge in [-0.3, -0.25) is 0 Å². The average molecular weight is 900 g/mol. The van der Waals surface area contributed by atoms with Crippen LogP contribution in [-0.2, 0) is 10.8 Å². The second kappa shape index (κ2) is 15.2. The van der Waals surface area contributed by atoms with Gasteiger partial charge in [0, 0.05) is 16.8 Å². The Hall–Kier alpha value is -9.04. The molecule has 0 N–H and O–H groups in total. The fraction of sp³-hybridized carbons (Fsp3) is 0.0286. The summed E-state index contributed by atoms with van der Waals surface area (Å²) in [5, 5.41) is 4.98. The van der Waals surface area contributed by atoms with Gasteiger partial charge in [-0.2, -0.15) is 0 Å². The number of rotatable bonds is 6. The van der Waals surface area contributed by atoms with Crippen LogP contribution in [0.5, 0.6) is 0 Å². The molecule has 0 saturated heterocycles. The Bertz CT molecular complexity index is 4060. The molecule has 71 heavy (non-hydrogen) atoms. The number of hydrogen-bond acceptors (Lipinski definition) is 1. The van der Waals surface area contributed by atoms with Crippen molar-refractivity contribution in [1.29, 1.82) is 0 Å². The first-order valence-electron chi connectivity index (χ1n) is 24.8. The van der Waals surface area contributed by atoms with E-state index in [1.807, 2.05) is 0 Å². The van der Waals surface area contributed by atoms with Crippen LogP contribution in [0.4, 0.5) is 17.1 Å². The monoisotopic (exact) mass is 899 g/mol. The van der Waals surface area contributed by atoms with Gasteiger partial charge < -0.3 is 4.90 Å². The van der Waals surface area contributed by atoms with Gasteiger partial charge in [-0.05, 0) is 136 Å². The minimum atomic E-state index is -0.615. The number of hydrogen-bond donors (Lipinski definition) is 0. The zero-order chi connectivity index (χ0) is 46.7. The van der Waals surface area contributed by atoms with E-state index < -0.39 is 10.8 Å². The third kappa shape index (κ3) is 5.41. The Kier molecular flexibility index (Phi) is 8.56. The van der Waals surface area contributed by atoms with Gasteiger partial charge in [-0.25, -0.2) is 0 Å². The number of fused-ring (bicyclic) bond motifs is 13. The van der Waals surface area contributed by atoms with Crippen molar-refractivity contribution in [1.82, 2.24) is 0 Å². The summed E-state index contributed by atoms with van der Waals surface area (Å²) < 4.78 is 0. The molecule has 1 atom stereocenters. The zero-order valence-electron chi connectivity index (χ0n) is 38.9. The summed E-state index contributed by atoms with van der Waals surface area (Å²) in [4.78, 5) is 2.55. The minimum absolute atomic E-state index is 0.551. The van der Waals surface area contributed by atoms with Crippen LogP contribution >= 0.6 is 0 Å². The van der Waals surface area contributed by atoms with Crippen LogP contribution in [0.2, 0.25) is 0 Å². The van der Waals surface area contributed by atoms with Crippen molar-refractivity contribution in [3.8, 4) is 44.5 Å². The van der Waals surface area contributed by atoms with E-state index in [9.17, 15) is 0 Å². The molecule has 330 valence electrons. The third-order valence-corrected chi connectivity index (χ3v) is 16.1. The molecule has 0 heterocycles. The van der Waals surface area contributed by atoms with Crippen LogP contribution in [0.1, 0.15) is 44.5 Å². The maximum Gasteiger partial charge on any atom is 0.0726 e. The molecule has 0 fully saturated rings. The van der Waals surface area contributed by atoms with E-state index in [-0.39, 0.29) is 0 Å². The molecule has 3 aliphatic rings. The normalized spacial score (nSPS) is 15.2. The topological polar surface area (TPSA) is 3.24 Å². The van der Waals surface area contributed by atoms with Crippen molar-refractivity contribution in [2.45, 2.75) is 10.8 Å². The van der Waals surface area contributed by atoms with Crippen LogP contribution in [0.3, 0.4) is 0 Å². The first kappa shape index (κ1) is 39.9. The van der Waals surface area contributed by atoms with Crippen molar-refractivity contribution in [2.75, 3.05) is 4.90 Å². The lowest BCUT2D eigenvalue weighted by Crippen LogP contribution is -2.32. The predicted molar refractivity (Wildman–Crippen MR) is 295 cm³/mol. The molecular weight excluding hydrogens is 855 g/mol. The summed E-state index contributed by atoms with van der Waals surface area (Å²) in [6, 6.07) is 103. The van der Waals surface area contributed by atoms with Crippen LogP contribution in [0, 0.1) is 0 Å². The highest BCUT2D eigenvalue weighted by Gasteiger charge is 2.51. The molecule has 12 aromatic rings. The molecule has 0 aliphatic heterocycles.